The molecule has 0 saturated heterocycles. The van der Waals surface area contributed by atoms with Gasteiger partial charge >= 0.3 is 5.97 Å². The van der Waals surface area contributed by atoms with Gasteiger partial charge in [-0.25, -0.2) is 4.79 Å². The molecular weight excluding hydrogens is 246 g/mol. The van der Waals surface area contributed by atoms with Crippen molar-refractivity contribution in [2.75, 3.05) is 12.0 Å². The average Bonchev–Trinajstić information content (AvgIpc) is 2.12. The van der Waals surface area contributed by atoms with Gasteiger partial charge in [-0.2, -0.15) is 11.8 Å². The van der Waals surface area contributed by atoms with Gasteiger partial charge in [-0.15, -0.1) is 0 Å². The van der Waals surface area contributed by atoms with E-state index in [1.54, 1.807) is 0 Å². The Hall–Kier alpha value is -0.0700. The Labute approximate surface area is 83.7 Å². The number of nitrogens with two attached hydrogens (primary N) is 1. The number of carbonyl (C=O) groups excluding carboxylic acids is 2. The van der Waals surface area contributed by atoms with Crippen LogP contribution in [0.2, 0.25) is 0 Å². The molecule has 0 rings (SSSR count). The van der Waals surface area contributed by atoms with E-state index < -0.39 is 11.5 Å². The molecule has 0 bridgehead atoms. The molecule has 12 heavy (non-hydrogen) atoms. The molecule has 6 heteroatoms. The van der Waals surface area contributed by atoms with Crippen LogP contribution in [-0.2, 0) is 13.4 Å². The monoisotopic (exact) mass is 255 g/mol. The number of aldehydes is 1. The Kier molecular flexibility index (Phi) is 5.52. The summed E-state index contributed by atoms with van der Waals surface area (Å²) >= 11 is 4.00. The highest BCUT2D eigenvalue weighted by atomic mass is 79.9. The lowest BCUT2D eigenvalue weighted by Crippen LogP contribution is -2.50. The van der Waals surface area contributed by atoms with Crippen molar-refractivity contribution < 1.29 is 13.4 Å². The van der Waals surface area contributed by atoms with E-state index in [1.165, 1.54) is 11.8 Å². The van der Waals surface area contributed by atoms with E-state index in [0.29, 0.717) is 12.0 Å². The van der Waals surface area contributed by atoms with Gasteiger partial charge in [0.05, 0.1) is 0 Å². The molecular formula is C6H10BrNO3S. The minimum absolute atomic E-state index is 0.280. The molecule has 0 aromatic carbocycles. The van der Waals surface area contributed by atoms with Crippen molar-refractivity contribution in [2.24, 2.45) is 5.73 Å². The van der Waals surface area contributed by atoms with Crippen molar-refractivity contribution in [1.29, 1.82) is 0 Å². The van der Waals surface area contributed by atoms with E-state index in [4.69, 9.17) is 5.73 Å². The second-order valence-electron chi connectivity index (χ2n) is 2.27. The van der Waals surface area contributed by atoms with Gasteiger partial charge in [0.2, 0.25) is 0 Å². The Morgan fingerprint density at radius 3 is 2.75 bits per heavy atom. The molecule has 0 amide bonds. The predicted octanol–water partition coefficient (Wildman–Crippen LogP) is 0.489. The van der Waals surface area contributed by atoms with Gasteiger partial charge < -0.3 is 14.4 Å². The van der Waals surface area contributed by atoms with Crippen molar-refractivity contribution in [1.82, 2.24) is 0 Å². The fourth-order valence-corrected chi connectivity index (χ4v) is 1.40. The Morgan fingerprint density at radius 2 is 2.42 bits per heavy atom. The number of hydrogen-bond acceptors (Lipinski definition) is 5. The molecule has 0 aliphatic carbocycles. The summed E-state index contributed by atoms with van der Waals surface area (Å²) in [6.07, 6.45) is 2.56. The Morgan fingerprint density at radius 1 is 1.83 bits per heavy atom. The van der Waals surface area contributed by atoms with Gasteiger partial charge in [-0.05, 0) is 18.4 Å². The molecule has 0 saturated carbocycles. The Balaban J connectivity index is 4.23. The van der Waals surface area contributed by atoms with Crippen LogP contribution in [0.4, 0.5) is 0 Å². The second-order valence-corrected chi connectivity index (χ2v) is 3.57. The second kappa shape index (κ2) is 5.55. The highest BCUT2D eigenvalue weighted by Crippen LogP contribution is 2.11. The van der Waals surface area contributed by atoms with Gasteiger partial charge in [0, 0.05) is 0 Å². The smallest absolute Gasteiger partial charge is 0.345 e. The first-order valence-corrected chi connectivity index (χ1v) is 5.22. The molecule has 0 spiro atoms. The molecule has 0 aliphatic heterocycles. The first-order chi connectivity index (χ1) is 5.60. The van der Waals surface area contributed by atoms with E-state index in [2.05, 4.69) is 20.1 Å². The zero-order chi connectivity index (χ0) is 9.61. The zero-order valence-electron chi connectivity index (χ0n) is 6.58. The van der Waals surface area contributed by atoms with Gasteiger partial charge in [0.15, 0.2) is 28.1 Å². The molecule has 2 N–H and O–H groups in total. The fourth-order valence-electron chi connectivity index (χ4n) is 0.552. The van der Waals surface area contributed by atoms with Crippen molar-refractivity contribution in [3.05, 3.63) is 0 Å². The minimum atomic E-state index is -1.51. The predicted molar refractivity (Wildman–Crippen MR) is 51.0 cm³/mol. The van der Waals surface area contributed by atoms with Crippen LogP contribution in [0.3, 0.4) is 0 Å². The lowest BCUT2D eigenvalue weighted by molar-refractivity contribution is -0.140. The van der Waals surface area contributed by atoms with E-state index in [9.17, 15) is 9.59 Å². The summed E-state index contributed by atoms with van der Waals surface area (Å²) in [6, 6.07) is 0. The maximum absolute atomic E-state index is 10.9. The number of thioether (sulfide) groups is 1. The first kappa shape index (κ1) is 11.9. The lowest BCUT2D eigenvalue weighted by Gasteiger charge is -2.17. The number of carbonyl (C=O) groups is 2. The SMILES string of the molecule is CSCCC(N)(C=O)C(=O)OBr. The van der Waals surface area contributed by atoms with Crippen LogP contribution in [0.25, 0.3) is 0 Å². The summed E-state index contributed by atoms with van der Waals surface area (Å²) in [5, 5.41) is 0. The molecule has 0 heterocycles. The normalized spacial score (nSPS) is 14.9. The fraction of sp³-hybridized carbons (Fsp3) is 0.667. The molecule has 0 radical (unpaired) electrons. The van der Waals surface area contributed by atoms with Crippen LogP contribution in [0.5, 0.6) is 0 Å². The molecule has 1 atom stereocenters. The third-order valence-electron chi connectivity index (χ3n) is 1.38. The maximum Gasteiger partial charge on any atom is 0.345 e. The molecule has 0 aliphatic rings. The molecule has 4 nitrogen and oxygen atoms in total. The standard InChI is InChI=1S/C6H10BrNO3S/c1-12-3-2-6(8,4-9)5(10)11-7/h4H,2-3,8H2,1H3. The number of halogens is 1. The summed E-state index contributed by atoms with van der Waals surface area (Å²) in [7, 11) is 0. The third-order valence-corrected chi connectivity index (χ3v) is 2.29. The van der Waals surface area contributed by atoms with Crippen molar-refractivity contribution in [3.8, 4) is 0 Å². The number of hydrogen-bond donors (Lipinski definition) is 1. The van der Waals surface area contributed by atoms with Gasteiger partial charge in [-0.3, -0.25) is 0 Å². The minimum Gasteiger partial charge on any atom is -0.382 e. The van der Waals surface area contributed by atoms with Crippen LogP contribution < -0.4 is 5.73 Å². The Bertz CT molecular complexity index is 178. The topological polar surface area (TPSA) is 69.4 Å². The quantitative estimate of drug-likeness (QED) is 0.572. The lowest BCUT2D eigenvalue weighted by atomic mass is 10.0. The summed E-state index contributed by atoms with van der Waals surface area (Å²) in [5.41, 5.74) is 3.94. The highest BCUT2D eigenvalue weighted by molar-refractivity contribution is 9.06. The maximum atomic E-state index is 10.9. The average molecular weight is 256 g/mol. The van der Waals surface area contributed by atoms with Gasteiger partial charge in [0.25, 0.3) is 0 Å². The van der Waals surface area contributed by atoms with Crippen molar-refractivity contribution in [2.45, 2.75) is 12.0 Å². The molecule has 70 valence electrons. The van der Waals surface area contributed by atoms with Crippen LogP contribution >= 0.6 is 28.0 Å². The molecule has 0 aromatic rings. The number of rotatable bonds is 5. The van der Waals surface area contributed by atoms with Crippen molar-refractivity contribution >= 4 is 40.3 Å². The van der Waals surface area contributed by atoms with Crippen LogP contribution in [0.15, 0.2) is 0 Å². The summed E-state index contributed by atoms with van der Waals surface area (Å²) in [4.78, 5) is 21.4. The van der Waals surface area contributed by atoms with Gasteiger partial charge in [0.1, 0.15) is 0 Å². The molecule has 0 aromatic heterocycles. The zero-order valence-corrected chi connectivity index (χ0v) is 8.98. The molecule has 1 unspecified atom stereocenters. The van der Waals surface area contributed by atoms with Crippen molar-refractivity contribution in [3.63, 3.8) is 0 Å². The van der Waals surface area contributed by atoms with E-state index in [1.807, 2.05) is 6.26 Å². The van der Waals surface area contributed by atoms with E-state index in [-0.39, 0.29) is 6.42 Å². The third kappa shape index (κ3) is 3.12. The van der Waals surface area contributed by atoms with E-state index >= 15 is 0 Å². The summed E-state index contributed by atoms with van der Waals surface area (Å²) in [5.74, 6) is -0.122. The first-order valence-electron chi connectivity index (χ1n) is 3.18. The molecule has 0 fully saturated rings. The summed E-state index contributed by atoms with van der Waals surface area (Å²) < 4.78 is 4.21. The highest BCUT2D eigenvalue weighted by Gasteiger charge is 2.34. The summed E-state index contributed by atoms with van der Waals surface area (Å²) in [6.45, 7) is 0. The van der Waals surface area contributed by atoms with Crippen LogP contribution in [-0.4, -0.2) is 29.8 Å². The van der Waals surface area contributed by atoms with Crippen LogP contribution in [0.1, 0.15) is 6.42 Å². The largest absolute Gasteiger partial charge is 0.382 e. The van der Waals surface area contributed by atoms with Gasteiger partial charge in [-0.1, -0.05) is 0 Å². The van der Waals surface area contributed by atoms with E-state index in [0.717, 1.165) is 0 Å². The van der Waals surface area contributed by atoms with Crippen LogP contribution in [0, 0.1) is 0 Å².